The summed E-state index contributed by atoms with van der Waals surface area (Å²) < 4.78 is 10.5. The van der Waals surface area contributed by atoms with Crippen LogP contribution in [0, 0.1) is 0 Å². The van der Waals surface area contributed by atoms with E-state index in [0.717, 1.165) is 0 Å². The number of hydrogen-bond donors (Lipinski definition) is 0. The molecule has 0 aromatic heterocycles. The van der Waals surface area contributed by atoms with Gasteiger partial charge in [0.05, 0.1) is 25.4 Å². The van der Waals surface area contributed by atoms with E-state index in [9.17, 15) is 0 Å². The van der Waals surface area contributed by atoms with Crippen LogP contribution < -0.4 is 0 Å². The Morgan fingerprint density at radius 1 is 0.750 bits per heavy atom. The van der Waals surface area contributed by atoms with Gasteiger partial charge in [-0.3, -0.25) is 0 Å². The second-order valence-electron chi connectivity index (χ2n) is 2.84. The molecule has 0 aliphatic rings. The van der Waals surface area contributed by atoms with E-state index in [1.807, 2.05) is 41.5 Å². The summed E-state index contributed by atoms with van der Waals surface area (Å²) in [6.07, 6.45) is 0.631. The van der Waals surface area contributed by atoms with Gasteiger partial charge in [-0.05, 0) is 27.7 Å². The van der Waals surface area contributed by atoms with Crippen LogP contribution in [0.4, 0.5) is 0 Å². The molecular formula is C10H24O2. The highest BCUT2D eigenvalue weighted by molar-refractivity contribution is 4.39. The maximum absolute atomic E-state index is 5.27. The predicted molar refractivity (Wildman–Crippen MR) is 53.5 cm³/mol. The van der Waals surface area contributed by atoms with Crippen molar-refractivity contribution in [3.8, 4) is 0 Å². The molecule has 0 amide bonds. The Morgan fingerprint density at radius 2 is 1.00 bits per heavy atom. The molecule has 0 heterocycles. The Balaban J connectivity index is 0. The first-order valence-corrected chi connectivity index (χ1v) is 4.86. The smallest absolute Gasteiger partial charge is 0.0704 e. The van der Waals surface area contributed by atoms with Crippen molar-refractivity contribution in [3.05, 3.63) is 0 Å². The van der Waals surface area contributed by atoms with Gasteiger partial charge in [-0.25, -0.2) is 0 Å². The summed E-state index contributed by atoms with van der Waals surface area (Å²) in [5, 5.41) is 0. The fourth-order valence-corrected chi connectivity index (χ4v) is 0.568. The molecular weight excluding hydrogens is 152 g/mol. The maximum Gasteiger partial charge on any atom is 0.0704 e. The van der Waals surface area contributed by atoms with Crippen LogP contribution in [0.2, 0.25) is 0 Å². The van der Waals surface area contributed by atoms with Crippen LogP contribution in [0.1, 0.15) is 41.5 Å². The monoisotopic (exact) mass is 176 g/mol. The third kappa shape index (κ3) is 16.5. The number of hydrogen-bond acceptors (Lipinski definition) is 2. The van der Waals surface area contributed by atoms with Crippen molar-refractivity contribution in [1.82, 2.24) is 0 Å². The average Bonchev–Trinajstić information content (AvgIpc) is 2.02. The predicted octanol–water partition coefficient (Wildman–Crippen LogP) is 2.86. The highest BCUT2D eigenvalue weighted by Crippen LogP contribution is 1.90. The standard InChI is InChI=1S/C8H18O2.C2H6/c1-7(2)9-5-6-10-8(3)4;1-2/h7-8H,5-6H2,1-4H3;1-2H3. The van der Waals surface area contributed by atoms with Crippen LogP contribution in [-0.4, -0.2) is 25.4 Å². The van der Waals surface area contributed by atoms with E-state index < -0.39 is 0 Å². The van der Waals surface area contributed by atoms with E-state index in [1.165, 1.54) is 0 Å². The highest BCUT2D eigenvalue weighted by Gasteiger charge is 1.94. The summed E-state index contributed by atoms with van der Waals surface area (Å²) >= 11 is 0. The molecule has 0 aromatic carbocycles. The van der Waals surface area contributed by atoms with Gasteiger partial charge in [0.1, 0.15) is 0 Å². The van der Waals surface area contributed by atoms with Gasteiger partial charge in [-0.2, -0.15) is 0 Å². The Morgan fingerprint density at radius 3 is 1.17 bits per heavy atom. The van der Waals surface area contributed by atoms with E-state index in [0.29, 0.717) is 25.4 Å². The zero-order valence-electron chi connectivity index (χ0n) is 9.39. The quantitative estimate of drug-likeness (QED) is 0.600. The van der Waals surface area contributed by atoms with Crippen molar-refractivity contribution >= 4 is 0 Å². The minimum Gasteiger partial charge on any atom is -0.376 e. The molecule has 0 rings (SSSR count). The summed E-state index contributed by atoms with van der Waals surface area (Å²) in [5.74, 6) is 0. The van der Waals surface area contributed by atoms with E-state index >= 15 is 0 Å². The molecule has 0 bridgehead atoms. The summed E-state index contributed by atoms with van der Waals surface area (Å²) in [5.41, 5.74) is 0. The van der Waals surface area contributed by atoms with Crippen LogP contribution in [0.25, 0.3) is 0 Å². The Labute approximate surface area is 77.3 Å². The van der Waals surface area contributed by atoms with Gasteiger partial charge in [-0.1, -0.05) is 13.8 Å². The van der Waals surface area contributed by atoms with Crippen molar-refractivity contribution in [3.63, 3.8) is 0 Å². The van der Waals surface area contributed by atoms with Gasteiger partial charge in [-0.15, -0.1) is 0 Å². The highest BCUT2D eigenvalue weighted by atomic mass is 16.5. The van der Waals surface area contributed by atoms with Crippen molar-refractivity contribution in [2.24, 2.45) is 0 Å². The van der Waals surface area contributed by atoms with E-state index in [2.05, 4.69) is 0 Å². The van der Waals surface area contributed by atoms with Crippen molar-refractivity contribution < 1.29 is 9.47 Å². The van der Waals surface area contributed by atoms with Crippen molar-refractivity contribution in [1.29, 1.82) is 0 Å². The van der Waals surface area contributed by atoms with Crippen LogP contribution in [0.3, 0.4) is 0 Å². The topological polar surface area (TPSA) is 18.5 Å². The average molecular weight is 176 g/mol. The fraction of sp³-hybridized carbons (Fsp3) is 1.00. The first kappa shape index (κ1) is 14.4. The molecule has 0 N–H and O–H groups in total. The third-order valence-electron chi connectivity index (χ3n) is 0.986. The molecule has 0 fully saturated rings. The summed E-state index contributed by atoms with van der Waals surface area (Å²) in [4.78, 5) is 0. The summed E-state index contributed by atoms with van der Waals surface area (Å²) in [6, 6.07) is 0. The second-order valence-corrected chi connectivity index (χ2v) is 2.84. The Bertz CT molecular complexity index is 60.2. The van der Waals surface area contributed by atoms with Crippen LogP contribution in [0.15, 0.2) is 0 Å². The first-order chi connectivity index (χ1) is 5.63. The molecule has 0 radical (unpaired) electrons. The Hall–Kier alpha value is -0.0800. The lowest BCUT2D eigenvalue weighted by Crippen LogP contribution is -2.12. The fourth-order valence-electron chi connectivity index (χ4n) is 0.568. The molecule has 0 saturated carbocycles. The lowest BCUT2D eigenvalue weighted by Gasteiger charge is -2.09. The van der Waals surface area contributed by atoms with Crippen molar-refractivity contribution in [2.45, 2.75) is 53.8 Å². The van der Waals surface area contributed by atoms with Crippen LogP contribution in [-0.2, 0) is 9.47 Å². The zero-order chi connectivity index (χ0) is 9.98. The zero-order valence-corrected chi connectivity index (χ0v) is 9.39. The molecule has 0 aliphatic carbocycles. The molecule has 2 heteroatoms. The first-order valence-electron chi connectivity index (χ1n) is 4.86. The lowest BCUT2D eigenvalue weighted by molar-refractivity contribution is -0.00108. The summed E-state index contributed by atoms with van der Waals surface area (Å²) in [7, 11) is 0. The van der Waals surface area contributed by atoms with Gasteiger partial charge >= 0.3 is 0 Å². The number of rotatable bonds is 5. The normalized spacial score (nSPS) is 10.0. The molecule has 76 valence electrons. The van der Waals surface area contributed by atoms with Gasteiger partial charge in [0, 0.05) is 0 Å². The molecule has 2 nitrogen and oxygen atoms in total. The maximum atomic E-state index is 5.27. The van der Waals surface area contributed by atoms with E-state index in [-0.39, 0.29) is 0 Å². The molecule has 0 saturated heterocycles. The molecule has 0 spiro atoms. The minimum absolute atomic E-state index is 0.316. The number of ether oxygens (including phenoxy) is 2. The molecule has 0 aliphatic heterocycles. The summed E-state index contributed by atoms with van der Waals surface area (Å²) in [6.45, 7) is 13.5. The SMILES string of the molecule is CC.CC(C)OCCOC(C)C. The van der Waals surface area contributed by atoms with Crippen molar-refractivity contribution in [2.75, 3.05) is 13.2 Å². The van der Waals surface area contributed by atoms with Gasteiger partial charge in [0.25, 0.3) is 0 Å². The van der Waals surface area contributed by atoms with Gasteiger partial charge < -0.3 is 9.47 Å². The van der Waals surface area contributed by atoms with Gasteiger partial charge in [0.2, 0.25) is 0 Å². The third-order valence-corrected chi connectivity index (χ3v) is 0.986. The van der Waals surface area contributed by atoms with Crippen LogP contribution >= 0.6 is 0 Å². The molecule has 0 aromatic rings. The Kier molecular flexibility index (Phi) is 13.1. The largest absolute Gasteiger partial charge is 0.376 e. The van der Waals surface area contributed by atoms with E-state index in [1.54, 1.807) is 0 Å². The van der Waals surface area contributed by atoms with Gasteiger partial charge in [0.15, 0.2) is 0 Å². The molecule has 0 atom stereocenters. The van der Waals surface area contributed by atoms with Crippen LogP contribution in [0.5, 0.6) is 0 Å². The minimum atomic E-state index is 0.316. The van der Waals surface area contributed by atoms with E-state index in [4.69, 9.17) is 9.47 Å². The molecule has 12 heavy (non-hydrogen) atoms. The second kappa shape index (κ2) is 10.9. The molecule has 0 unspecified atom stereocenters. The lowest BCUT2D eigenvalue weighted by atomic mass is 10.5.